The number of halogens is 1. The van der Waals surface area contributed by atoms with E-state index in [2.05, 4.69) is 48.0 Å². The van der Waals surface area contributed by atoms with Crippen molar-refractivity contribution >= 4 is 18.2 Å². The van der Waals surface area contributed by atoms with Crippen molar-refractivity contribution in [1.29, 1.82) is 0 Å². The average Bonchev–Trinajstić information content (AvgIpc) is 3.10. The fourth-order valence-corrected chi connectivity index (χ4v) is 2.72. The van der Waals surface area contributed by atoms with E-state index in [1.807, 2.05) is 11.6 Å². The lowest BCUT2D eigenvalue weighted by atomic mass is 10.2. The molecule has 122 valence electrons. The lowest BCUT2D eigenvalue weighted by Crippen LogP contribution is -2.13. The van der Waals surface area contributed by atoms with Crippen LogP contribution in [0.5, 0.6) is 0 Å². The van der Waals surface area contributed by atoms with Crippen molar-refractivity contribution in [1.82, 2.24) is 19.6 Å². The third-order valence-electron chi connectivity index (χ3n) is 3.97. The molecule has 1 aliphatic rings. The predicted molar refractivity (Wildman–Crippen MR) is 91.8 cm³/mol. The normalized spacial score (nSPS) is 14.2. The molecule has 0 aromatic carbocycles. The Balaban J connectivity index is 0.00000176. The number of hydrogen-bond acceptors (Lipinski definition) is 3. The van der Waals surface area contributed by atoms with E-state index in [0.29, 0.717) is 12.0 Å². The molecule has 6 heteroatoms. The summed E-state index contributed by atoms with van der Waals surface area (Å²) in [5, 5.41) is 12.8. The topological polar surface area (TPSA) is 47.7 Å². The van der Waals surface area contributed by atoms with Crippen LogP contribution in [-0.4, -0.2) is 19.6 Å². The number of anilines is 1. The van der Waals surface area contributed by atoms with Crippen LogP contribution in [-0.2, 0) is 13.1 Å². The summed E-state index contributed by atoms with van der Waals surface area (Å²) in [5.74, 6) is 1.78. The van der Waals surface area contributed by atoms with Gasteiger partial charge in [0.25, 0.3) is 0 Å². The van der Waals surface area contributed by atoms with Gasteiger partial charge in [-0.3, -0.25) is 4.68 Å². The lowest BCUT2D eigenvalue weighted by molar-refractivity contribution is 0.507. The van der Waals surface area contributed by atoms with Gasteiger partial charge in [0.05, 0.1) is 23.6 Å². The standard InChI is InChI=1S/C16H25N5.ClH/c1-5-20-16(8-12(4)18-20)17-10-14-9-15(13-6-7-13)19-21(14)11(2)3;/h8-9,11,13,17H,5-7,10H2,1-4H3;1H. The van der Waals surface area contributed by atoms with E-state index in [1.165, 1.54) is 24.2 Å². The van der Waals surface area contributed by atoms with Crippen LogP contribution in [0.25, 0.3) is 0 Å². The van der Waals surface area contributed by atoms with Gasteiger partial charge in [-0.05, 0) is 46.6 Å². The average molecular weight is 324 g/mol. The van der Waals surface area contributed by atoms with Crippen LogP contribution in [0.1, 0.15) is 62.7 Å². The maximum absolute atomic E-state index is 4.79. The quantitative estimate of drug-likeness (QED) is 0.877. The SMILES string of the molecule is CCn1nc(C)cc1NCc1cc(C2CC2)nn1C(C)C.Cl. The molecule has 2 heterocycles. The molecule has 1 aliphatic carbocycles. The second kappa shape index (κ2) is 6.73. The fourth-order valence-electron chi connectivity index (χ4n) is 2.72. The molecule has 1 saturated carbocycles. The van der Waals surface area contributed by atoms with Crippen LogP contribution in [0.15, 0.2) is 12.1 Å². The number of aryl methyl sites for hydroxylation is 2. The number of rotatable bonds is 6. The molecule has 2 aromatic heterocycles. The van der Waals surface area contributed by atoms with Gasteiger partial charge in [0.1, 0.15) is 5.82 Å². The van der Waals surface area contributed by atoms with E-state index in [4.69, 9.17) is 5.10 Å². The molecular weight excluding hydrogens is 298 g/mol. The second-order valence-corrected chi connectivity index (χ2v) is 6.21. The van der Waals surface area contributed by atoms with Crippen molar-refractivity contribution in [2.24, 2.45) is 0 Å². The van der Waals surface area contributed by atoms with E-state index >= 15 is 0 Å². The Morgan fingerprint density at radius 3 is 2.59 bits per heavy atom. The molecule has 22 heavy (non-hydrogen) atoms. The minimum atomic E-state index is 0. The Kier molecular flexibility index (Phi) is 5.16. The largest absolute Gasteiger partial charge is 0.365 e. The lowest BCUT2D eigenvalue weighted by Gasteiger charge is -2.12. The zero-order valence-electron chi connectivity index (χ0n) is 13.8. The van der Waals surface area contributed by atoms with Crippen LogP contribution < -0.4 is 5.32 Å². The highest BCUT2D eigenvalue weighted by Crippen LogP contribution is 2.39. The Bertz CT molecular complexity index is 625. The summed E-state index contributed by atoms with van der Waals surface area (Å²) in [6, 6.07) is 4.76. The molecule has 0 amide bonds. The van der Waals surface area contributed by atoms with Gasteiger partial charge in [0.15, 0.2) is 0 Å². The zero-order chi connectivity index (χ0) is 15.0. The van der Waals surface area contributed by atoms with Gasteiger partial charge in [0.2, 0.25) is 0 Å². The van der Waals surface area contributed by atoms with Crippen LogP contribution in [0.3, 0.4) is 0 Å². The highest BCUT2D eigenvalue weighted by Gasteiger charge is 2.27. The summed E-state index contributed by atoms with van der Waals surface area (Å²) < 4.78 is 4.16. The van der Waals surface area contributed by atoms with E-state index in [9.17, 15) is 0 Å². The van der Waals surface area contributed by atoms with Gasteiger partial charge >= 0.3 is 0 Å². The minimum Gasteiger partial charge on any atom is -0.365 e. The third kappa shape index (κ3) is 3.46. The van der Waals surface area contributed by atoms with Crippen LogP contribution >= 0.6 is 12.4 Å². The second-order valence-electron chi connectivity index (χ2n) is 6.21. The van der Waals surface area contributed by atoms with Crippen molar-refractivity contribution in [3.63, 3.8) is 0 Å². The van der Waals surface area contributed by atoms with E-state index in [1.54, 1.807) is 0 Å². The molecule has 0 unspecified atom stereocenters. The fraction of sp³-hybridized carbons (Fsp3) is 0.625. The first-order valence-corrected chi connectivity index (χ1v) is 7.95. The molecule has 2 aromatic rings. The van der Waals surface area contributed by atoms with Crippen molar-refractivity contribution in [2.75, 3.05) is 5.32 Å². The first-order valence-electron chi connectivity index (χ1n) is 7.95. The highest BCUT2D eigenvalue weighted by atomic mass is 35.5. The summed E-state index contributed by atoms with van der Waals surface area (Å²) in [6.07, 6.45) is 2.59. The molecule has 1 N–H and O–H groups in total. The molecule has 1 fully saturated rings. The van der Waals surface area contributed by atoms with Crippen molar-refractivity contribution in [2.45, 2.75) is 65.6 Å². The van der Waals surface area contributed by atoms with Crippen molar-refractivity contribution in [3.05, 3.63) is 29.2 Å². The molecule has 0 spiro atoms. The molecule has 5 nitrogen and oxygen atoms in total. The summed E-state index contributed by atoms with van der Waals surface area (Å²) in [7, 11) is 0. The smallest absolute Gasteiger partial charge is 0.124 e. The summed E-state index contributed by atoms with van der Waals surface area (Å²) >= 11 is 0. The molecule has 0 aliphatic heterocycles. The minimum absolute atomic E-state index is 0. The van der Waals surface area contributed by atoms with Crippen molar-refractivity contribution in [3.8, 4) is 0 Å². The van der Waals surface area contributed by atoms with Crippen LogP contribution in [0, 0.1) is 6.92 Å². The molecule has 0 atom stereocenters. The summed E-state index contributed by atoms with van der Waals surface area (Å²) in [5.41, 5.74) is 3.57. The Morgan fingerprint density at radius 1 is 1.27 bits per heavy atom. The number of nitrogens with zero attached hydrogens (tertiary/aromatic N) is 4. The molecule has 0 saturated heterocycles. The summed E-state index contributed by atoms with van der Waals surface area (Å²) in [4.78, 5) is 0. The van der Waals surface area contributed by atoms with Gasteiger partial charge in [-0.25, -0.2) is 4.68 Å². The monoisotopic (exact) mass is 323 g/mol. The number of nitrogens with one attached hydrogen (secondary N) is 1. The van der Waals surface area contributed by atoms with Crippen LogP contribution in [0.4, 0.5) is 5.82 Å². The van der Waals surface area contributed by atoms with E-state index in [0.717, 1.165) is 24.6 Å². The van der Waals surface area contributed by atoms with Gasteiger partial charge in [0, 0.05) is 24.6 Å². The Labute approximate surface area is 138 Å². The number of hydrogen-bond donors (Lipinski definition) is 1. The Morgan fingerprint density at radius 2 is 2.00 bits per heavy atom. The summed E-state index contributed by atoms with van der Waals surface area (Å²) in [6.45, 7) is 10.2. The molecular formula is C16H26ClN5. The highest BCUT2D eigenvalue weighted by molar-refractivity contribution is 5.85. The zero-order valence-corrected chi connectivity index (χ0v) is 14.7. The van der Waals surface area contributed by atoms with E-state index in [-0.39, 0.29) is 12.4 Å². The number of aromatic nitrogens is 4. The Hall–Kier alpha value is -1.49. The van der Waals surface area contributed by atoms with Crippen LogP contribution in [0.2, 0.25) is 0 Å². The van der Waals surface area contributed by atoms with E-state index < -0.39 is 0 Å². The maximum Gasteiger partial charge on any atom is 0.124 e. The molecule has 0 bridgehead atoms. The first-order chi connectivity index (χ1) is 10.1. The molecule has 0 radical (unpaired) electrons. The first kappa shape index (κ1) is 16.9. The van der Waals surface area contributed by atoms with Crippen molar-refractivity contribution < 1.29 is 0 Å². The van der Waals surface area contributed by atoms with Gasteiger partial charge in [-0.15, -0.1) is 12.4 Å². The third-order valence-corrected chi connectivity index (χ3v) is 3.97. The predicted octanol–water partition coefficient (Wildman–Crippen LogP) is 3.90. The molecule has 3 rings (SSSR count). The van der Waals surface area contributed by atoms with Gasteiger partial charge < -0.3 is 5.32 Å². The van der Waals surface area contributed by atoms with Gasteiger partial charge in [-0.1, -0.05) is 0 Å². The van der Waals surface area contributed by atoms with Gasteiger partial charge in [-0.2, -0.15) is 10.2 Å². The maximum atomic E-state index is 4.79.